The molecule has 2 aliphatic heterocycles. The zero-order chi connectivity index (χ0) is 44.9. The first-order valence-electron chi connectivity index (χ1n) is 22.6. The van der Waals surface area contributed by atoms with Crippen molar-refractivity contribution in [3.8, 4) is 27.9 Å². The quantitative estimate of drug-likeness (QED) is 0.160. The van der Waals surface area contributed by atoms with Crippen molar-refractivity contribution in [1.29, 1.82) is 0 Å². The van der Waals surface area contributed by atoms with Crippen LogP contribution in [-0.4, -0.2) is 48.4 Å². The third-order valence-electron chi connectivity index (χ3n) is 14.7. The molecule has 0 saturated carbocycles. The number of aromatic nitrogens is 3. The predicted octanol–water partition coefficient (Wildman–Crippen LogP) is 13.7. The van der Waals surface area contributed by atoms with Crippen molar-refractivity contribution in [2.24, 2.45) is 9.98 Å². The van der Waals surface area contributed by atoms with Crippen LogP contribution in [0.1, 0.15) is 66.5 Å². The van der Waals surface area contributed by atoms with Gasteiger partial charge < -0.3 is 14.4 Å². The lowest BCUT2D eigenvalue weighted by Crippen LogP contribution is -2.53. The fourth-order valence-corrected chi connectivity index (χ4v) is 9.75. The number of nitrogens with zero attached hydrogens (tertiary/aromatic N) is 7. The Labute approximate surface area is 381 Å². The molecular formula is C58H53N7. The Bertz CT molecular complexity index is 3340. The second-order valence-electron chi connectivity index (χ2n) is 19.6. The molecule has 0 spiro atoms. The van der Waals surface area contributed by atoms with Gasteiger partial charge in [-0.15, -0.1) is 0 Å². The zero-order valence-corrected chi connectivity index (χ0v) is 38.4. The van der Waals surface area contributed by atoms with E-state index in [2.05, 4.69) is 221 Å². The minimum absolute atomic E-state index is 0.286. The van der Waals surface area contributed by atoms with Crippen LogP contribution < -0.4 is 9.80 Å². The molecule has 0 unspecified atom stereocenters. The van der Waals surface area contributed by atoms with Crippen molar-refractivity contribution in [3.05, 3.63) is 187 Å². The Balaban J connectivity index is 0.967. The summed E-state index contributed by atoms with van der Waals surface area (Å²) in [5, 5.41) is 4.79. The maximum atomic E-state index is 5.24. The van der Waals surface area contributed by atoms with Crippen LogP contribution in [0, 0.1) is 0 Å². The molecule has 0 N–H and O–H groups in total. The standard InChI is InChI=1S/C58H53N7/c1-55(2)57(5,6)64(53(61-55)38-18-12-9-13-19-38)50-32-27-43(36-59-50)40-24-29-46-42(34-40)26-31-48-47-30-25-41(35-49(47)63(52(46)48)45-22-16-11-17-23-45)44-28-33-51(60-37-44)65-54(39-20-14-10-15-21-39)62-56(3,4)58(65,7)8/h9-37H,1-8H3. The van der Waals surface area contributed by atoms with Gasteiger partial charge in [0.2, 0.25) is 0 Å². The Morgan fingerprint density at radius 2 is 0.831 bits per heavy atom. The van der Waals surface area contributed by atoms with Gasteiger partial charge >= 0.3 is 0 Å². The summed E-state index contributed by atoms with van der Waals surface area (Å²) in [6.07, 6.45) is 4.02. The SMILES string of the molecule is CC1(C)N=C(c2ccccc2)N(c2ccc(-c3ccc4c(ccc5c6ccc(-c7ccc(N8C(c9ccccc9)=NC(C)(C)C8(C)C)nc7)cc6n(-c6ccccc6)c45)c3)cn2)C1(C)C. The largest absolute Gasteiger partial charge is 0.309 e. The molecule has 0 aliphatic carbocycles. The number of pyridine rings is 2. The van der Waals surface area contributed by atoms with Crippen molar-refractivity contribution < 1.29 is 0 Å². The Hall–Kier alpha value is -7.38. The summed E-state index contributed by atoms with van der Waals surface area (Å²) in [5.41, 5.74) is 8.80. The van der Waals surface area contributed by atoms with E-state index >= 15 is 0 Å². The van der Waals surface area contributed by atoms with Crippen LogP contribution in [0.15, 0.2) is 186 Å². The molecule has 2 aliphatic rings. The summed E-state index contributed by atoms with van der Waals surface area (Å²) < 4.78 is 2.43. The fraction of sp³-hybridized carbons (Fsp3) is 0.207. The van der Waals surface area contributed by atoms with E-state index in [1.165, 1.54) is 27.1 Å². The second-order valence-corrected chi connectivity index (χ2v) is 19.6. The average Bonchev–Trinajstić information content (AvgIpc) is 3.83. The van der Waals surface area contributed by atoms with Gasteiger partial charge in [0, 0.05) is 56.5 Å². The summed E-state index contributed by atoms with van der Waals surface area (Å²) in [6, 6.07) is 58.5. The number of amidine groups is 2. The van der Waals surface area contributed by atoms with Crippen LogP contribution in [0.25, 0.3) is 60.5 Å². The molecule has 3 aromatic heterocycles. The van der Waals surface area contributed by atoms with Gasteiger partial charge in [-0.1, -0.05) is 115 Å². The molecule has 0 fully saturated rings. The molecule has 11 rings (SSSR count). The van der Waals surface area contributed by atoms with Crippen LogP contribution in [0.3, 0.4) is 0 Å². The van der Waals surface area contributed by atoms with E-state index < -0.39 is 0 Å². The van der Waals surface area contributed by atoms with E-state index in [-0.39, 0.29) is 22.2 Å². The van der Waals surface area contributed by atoms with Crippen LogP contribution in [0.2, 0.25) is 0 Å². The monoisotopic (exact) mass is 847 g/mol. The van der Waals surface area contributed by atoms with Crippen LogP contribution in [0.4, 0.5) is 11.6 Å². The van der Waals surface area contributed by atoms with Gasteiger partial charge in [0.05, 0.1) is 33.2 Å². The fourth-order valence-electron chi connectivity index (χ4n) is 9.75. The number of hydrogen-bond acceptors (Lipinski definition) is 6. The van der Waals surface area contributed by atoms with E-state index in [1.54, 1.807) is 0 Å². The van der Waals surface area contributed by atoms with Crippen molar-refractivity contribution >= 4 is 55.9 Å². The number of anilines is 2. The summed E-state index contributed by atoms with van der Waals surface area (Å²) in [7, 11) is 0. The van der Waals surface area contributed by atoms with Gasteiger partial charge in [-0.2, -0.15) is 0 Å². The summed E-state index contributed by atoms with van der Waals surface area (Å²) in [6.45, 7) is 17.8. The molecule has 7 nitrogen and oxygen atoms in total. The molecule has 0 atom stereocenters. The number of para-hydroxylation sites is 1. The van der Waals surface area contributed by atoms with Crippen molar-refractivity contribution in [2.45, 2.75) is 77.5 Å². The molecule has 320 valence electrons. The summed E-state index contributed by atoms with van der Waals surface area (Å²) >= 11 is 0. The third kappa shape index (κ3) is 6.31. The van der Waals surface area contributed by atoms with Gasteiger partial charge in [-0.25, -0.2) is 9.97 Å². The van der Waals surface area contributed by atoms with E-state index in [9.17, 15) is 0 Å². The normalized spacial score (nSPS) is 17.2. The van der Waals surface area contributed by atoms with Crippen molar-refractivity contribution in [2.75, 3.05) is 9.80 Å². The molecule has 0 saturated heterocycles. The minimum Gasteiger partial charge on any atom is -0.309 e. The first-order chi connectivity index (χ1) is 31.2. The molecule has 5 heterocycles. The van der Waals surface area contributed by atoms with Gasteiger partial charge in [0.25, 0.3) is 0 Å². The average molecular weight is 848 g/mol. The third-order valence-corrected chi connectivity index (χ3v) is 14.7. The molecular weight excluding hydrogens is 795 g/mol. The molecule has 0 amide bonds. The van der Waals surface area contributed by atoms with Crippen LogP contribution >= 0.6 is 0 Å². The number of aliphatic imine (C=N–C) groups is 2. The van der Waals surface area contributed by atoms with Gasteiger partial charge in [0.15, 0.2) is 0 Å². The first kappa shape index (κ1) is 40.4. The van der Waals surface area contributed by atoms with E-state index in [0.29, 0.717) is 0 Å². The lowest BCUT2D eigenvalue weighted by Gasteiger charge is -2.40. The highest BCUT2D eigenvalue weighted by Crippen LogP contribution is 2.45. The van der Waals surface area contributed by atoms with Crippen molar-refractivity contribution in [1.82, 2.24) is 14.5 Å². The van der Waals surface area contributed by atoms with E-state index in [0.717, 1.165) is 67.9 Å². The maximum absolute atomic E-state index is 5.24. The minimum atomic E-state index is -0.310. The van der Waals surface area contributed by atoms with Gasteiger partial charge in [-0.3, -0.25) is 9.98 Å². The summed E-state index contributed by atoms with van der Waals surface area (Å²) in [4.78, 5) is 25.3. The van der Waals surface area contributed by atoms with Crippen molar-refractivity contribution in [3.63, 3.8) is 0 Å². The Morgan fingerprint density at radius 1 is 0.385 bits per heavy atom. The van der Waals surface area contributed by atoms with Gasteiger partial charge in [-0.05, 0) is 120 Å². The second kappa shape index (κ2) is 14.6. The molecule has 6 aromatic carbocycles. The highest BCUT2D eigenvalue weighted by Gasteiger charge is 2.51. The smallest absolute Gasteiger partial charge is 0.137 e. The molecule has 65 heavy (non-hydrogen) atoms. The highest BCUT2D eigenvalue weighted by molar-refractivity contribution is 6.19. The number of benzene rings is 6. The number of hydrogen-bond donors (Lipinski definition) is 0. The lowest BCUT2D eigenvalue weighted by atomic mass is 9.83. The first-order valence-corrected chi connectivity index (χ1v) is 22.6. The van der Waals surface area contributed by atoms with Crippen LogP contribution in [0.5, 0.6) is 0 Å². The highest BCUT2D eigenvalue weighted by atomic mass is 15.4. The Morgan fingerprint density at radius 3 is 1.32 bits per heavy atom. The summed E-state index contributed by atoms with van der Waals surface area (Å²) in [5.74, 6) is 3.67. The molecule has 0 radical (unpaired) electrons. The van der Waals surface area contributed by atoms with Gasteiger partial charge in [0.1, 0.15) is 23.3 Å². The molecule has 0 bridgehead atoms. The van der Waals surface area contributed by atoms with E-state index in [4.69, 9.17) is 20.0 Å². The molecule has 7 heteroatoms. The Kier molecular flexibility index (Phi) is 9.06. The number of fused-ring (bicyclic) bond motifs is 5. The predicted molar refractivity (Wildman–Crippen MR) is 272 cm³/mol. The topological polar surface area (TPSA) is 61.9 Å². The maximum Gasteiger partial charge on any atom is 0.137 e. The molecule has 9 aromatic rings. The number of rotatable bonds is 7. The van der Waals surface area contributed by atoms with E-state index in [1.807, 2.05) is 24.5 Å². The zero-order valence-electron chi connectivity index (χ0n) is 38.4. The van der Waals surface area contributed by atoms with Crippen LogP contribution in [-0.2, 0) is 0 Å². The lowest BCUT2D eigenvalue weighted by molar-refractivity contribution is 0.337.